The van der Waals surface area contributed by atoms with Crippen molar-refractivity contribution in [3.8, 4) is 17.2 Å². The average molecular weight is 704 g/mol. The van der Waals surface area contributed by atoms with Gasteiger partial charge in [0.1, 0.15) is 11.8 Å². The van der Waals surface area contributed by atoms with Crippen LogP contribution in [0, 0.1) is 0 Å². The number of thiazole rings is 1. The van der Waals surface area contributed by atoms with E-state index in [1.54, 1.807) is 54.3 Å². The van der Waals surface area contributed by atoms with Crippen molar-refractivity contribution >= 4 is 46.6 Å². The second-order valence-electron chi connectivity index (χ2n) is 11.0. The molecule has 0 bridgehead atoms. The lowest BCUT2D eigenvalue weighted by Crippen LogP contribution is -2.43. The molecule has 254 valence electrons. The number of halogens is 1. The minimum atomic E-state index is -0.962. The Labute approximate surface area is 291 Å². The highest BCUT2D eigenvalue weighted by molar-refractivity contribution is 7.07. The van der Waals surface area contributed by atoms with Crippen LogP contribution in [0.4, 0.5) is 0 Å². The first-order chi connectivity index (χ1) is 23.8. The van der Waals surface area contributed by atoms with Crippen LogP contribution in [0.3, 0.4) is 0 Å². The lowest BCUT2D eigenvalue weighted by Gasteiger charge is -2.27. The van der Waals surface area contributed by atoms with Gasteiger partial charge in [0, 0.05) is 29.2 Å². The predicted molar refractivity (Wildman–Crippen MR) is 185 cm³/mol. The number of aromatic nitrogens is 1. The quantitative estimate of drug-likeness (QED) is 0.229. The number of esters is 1. The van der Waals surface area contributed by atoms with Crippen molar-refractivity contribution in [2.75, 3.05) is 53.7 Å². The van der Waals surface area contributed by atoms with E-state index in [1.165, 1.54) is 30.1 Å². The molecule has 1 fully saturated rings. The molecule has 11 nitrogen and oxygen atoms in total. The first-order valence-electron chi connectivity index (χ1n) is 15.6. The summed E-state index contributed by atoms with van der Waals surface area (Å²) >= 11 is 7.67. The molecule has 0 aliphatic carbocycles. The van der Waals surface area contributed by atoms with Crippen molar-refractivity contribution in [3.63, 3.8) is 0 Å². The second-order valence-corrected chi connectivity index (χ2v) is 12.5. The first kappa shape index (κ1) is 34.0. The maximum absolute atomic E-state index is 14.3. The standard InChI is InChI=1S/C36H34ClN3O8S/c1-4-47-35(43)31-32(23-8-6-5-7-9-23)38-36-40(33(31)25-20-24(37)11-13-26(25)44-2)34(42)29(49-36)19-22-10-12-27(28(18-22)45-3)48-21-30(41)39-14-16-46-17-15-39/h5-13,18-20,33H,4,14-17,21H2,1-3H3/b29-19-/t33-/m1/s1. The van der Waals surface area contributed by atoms with E-state index in [4.69, 9.17) is 40.3 Å². The Morgan fingerprint density at radius 2 is 1.73 bits per heavy atom. The van der Waals surface area contributed by atoms with Crippen molar-refractivity contribution < 1.29 is 33.3 Å². The molecule has 3 aromatic carbocycles. The predicted octanol–water partition coefficient (Wildman–Crippen LogP) is 3.84. The molecule has 4 aromatic rings. The van der Waals surface area contributed by atoms with E-state index < -0.39 is 12.0 Å². The molecule has 0 spiro atoms. The van der Waals surface area contributed by atoms with Gasteiger partial charge >= 0.3 is 5.97 Å². The lowest BCUT2D eigenvalue weighted by atomic mass is 9.92. The maximum Gasteiger partial charge on any atom is 0.338 e. The van der Waals surface area contributed by atoms with Crippen LogP contribution in [0.25, 0.3) is 11.8 Å². The van der Waals surface area contributed by atoms with Gasteiger partial charge in [-0.05, 0) is 48.9 Å². The van der Waals surface area contributed by atoms with Gasteiger partial charge in [0.05, 0.1) is 49.8 Å². The molecule has 1 saturated heterocycles. The Kier molecular flexibility index (Phi) is 10.5. The van der Waals surface area contributed by atoms with Crippen molar-refractivity contribution in [1.29, 1.82) is 0 Å². The van der Waals surface area contributed by atoms with Crippen LogP contribution >= 0.6 is 22.9 Å². The third-order valence-corrected chi connectivity index (χ3v) is 9.28. The minimum absolute atomic E-state index is 0.122. The summed E-state index contributed by atoms with van der Waals surface area (Å²) in [6.07, 6.45) is 1.72. The van der Waals surface area contributed by atoms with Crippen LogP contribution in [0.15, 0.2) is 82.1 Å². The molecular formula is C36H34ClN3O8S. The molecule has 49 heavy (non-hydrogen) atoms. The van der Waals surface area contributed by atoms with Gasteiger partial charge in [-0.1, -0.05) is 59.3 Å². The van der Waals surface area contributed by atoms with E-state index in [9.17, 15) is 14.4 Å². The van der Waals surface area contributed by atoms with Gasteiger partial charge in [-0.3, -0.25) is 14.2 Å². The number of amides is 1. The summed E-state index contributed by atoms with van der Waals surface area (Å²) in [4.78, 5) is 47.7. The zero-order chi connectivity index (χ0) is 34.5. The fourth-order valence-corrected chi connectivity index (χ4v) is 6.92. The zero-order valence-electron chi connectivity index (χ0n) is 27.1. The lowest BCUT2D eigenvalue weighted by molar-refractivity contribution is -0.139. The van der Waals surface area contributed by atoms with E-state index in [-0.39, 0.29) is 30.3 Å². The molecule has 3 heterocycles. The molecule has 0 saturated carbocycles. The van der Waals surface area contributed by atoms with Crippen LogP contribution in [0.2, 0.25) is 5.02 Å². The number of carbonyl (C=O) groups is 2. The molecule has 2 aliphatic heterocycles. The topological polar surface area (TPSA) is 118 Å². The molecule has 2 aliphatic rings. The molecule has 13 heteroatoms. The van der Waals surface area contributed by atoms with E-state index >= 15 is 0 Å². The van der Waals surface area contributed by atoms with Crippen molar-refractivity contribution in [2.45, 2.75) is 13.0 Å². The monoisotopic (exact) mass is 703 g/mol. The van der Waals surface area contributed by atoms with Gasteiger partial charge in [-0.25, -0.2) is 9.79 Å². The van der Waals surface area contributed by atoms with Crippen LogP contribution < -0.4 is 29.1 Å². The Balaban J connectivity index is 1.46. The van der Waals surface area contributed by atoms with Crippen molar-refractivity contribution in [2.24, 2.45) is 4.99 Å². The number of rotatable bonds is 10. The summed E-state index contributed by atoms with van der Waals surface area (Å²) in [6, 6.07) is 18.6. The normalized spacial score (nSPS) is 16.1. The van der Waals surface area contributed by atoms with Gasteiger partial charge in [0.25, 0.3) is 11.5 Å². The van der Waals surface area contributed by atoms with Gasteiger partial charge in [0.15, 0.2) is 22.9 Å². The molecule has 1 atom stereocenters. The van der Waals surface area contributed by atoms with Gasteiger partial charge < -0.3 is 28.6 Å². The average Bonchev–Trinajstić information content (AvgIpc) is 3.44. The molecule has 1 amide bonds. The van der Waals surface area contributed by atoms with Crippen LogP contribution in [-0.2, 0) is 19.1 Å². The van der Waals surface area contributed by atoms with E-state index in [0.29, 0.717) is 80.3 Å². The molecule has 1 aromatic heterocycles. The highest BCUT2D eigenvalue weighted by Gasteiger charge is 2.37. The molecule has 0 N–H and O–H groups in total. The zero-order valence-corrected chi connectivity index (χ0v) is 28.7. The molecule has 0 unspecified atom stereocenters. The maximum atomic E-state index is 14.3. The molecular weight excluding hydrogens is 670 g/mol. The number of hydrogen-bond donors (Lipinski definition) is 0. The number of benzene rings is 3. The Morgan fingerprint density at radius 3 is 2.45 bits per heavy atom. The van der Waals surface area contributed by atoms with Crippen molar-refractivity contribution in [3.05, 3.63) is 114 Å². The van der Waals surface area contributed by atoms with Gasteiger partial charge in [0.2, 0.25) is 0 Å². The minimum Gasteiger partial charge on any atom is -0.496 e. The number of fused-ring (bicyclic) bond motifs is 1. The smallest absolute Gasteiger partial charge is 0.338 e. The van der Waals surface area contributed by atoms with Gasteiger partial charge in [-0.15, -0.1) is 0 Å². The molecule has 6 rings (SSSR count). The van der Waals surface area contributed by atoms with Crippen LogP contribution in [-0.4, -0.2) is 75.1 Å². The molecule has 0 radical (unpaired) electrons. The van der Waals surface area contributed by atoms with Crippen LogP contribution in [0.5, 0.6) is 17.2 Å². The summed E-state index contributed by atoms with van der Waals surface area (Å²) in [5.74, 6) is 0.473. The number of nitrogens with zero attached hydrogens (tertiary/aromatic N) is 3. The second kappa shape index (κ2) is 15.1. The summed E-state index contributed by atoms with van der Waals surface area (Å²) < 4.78 is 29.8. The van der Waals surface area contributed by atoms with E-state index in [0.717, 1.165) is 0 Å². The number of hydrogen-bond acceptors (Lipinski definition) is 10. The summed E-state index contributed by atoms with van der Waals surface area (Å²) in [7, 11) is 3.02. The number of ether oxygens (including phenoxy) is 5. The number of methoxy groups -OCH3 is 2. The SMILES string of the molecule is CCOC(=O)C1=C(c2ccccc2)N=c2s/c(=C\c3ccc(OCC(=O)N4CCOCC4)c(OC)c3)c(=O)n2[C@@H]1c1cc(Cl)ccc1OC. The summed E-state index contributed by atoms with van der Waals surface area (Å²) in [6.45, 7) is 3.74. The van der Waals surface area contributed by atoms with Gasteiger partial charge in [-0.2, -0.15) is 0 Å². The van der Waals surface area contributed by atoms with Crippen LogP contribution in [0.1, 0.15) is 29.7 Å². The van der Waals surface area contributed by atoms with E-state index in [1.807, 2.05) is 30.3 Å². The third kappa shape index (κ3) is 7.12. The Hall–Kier alpha value is -4.91. The highest BCUT2D eigenvalue weighted by Crippen LogP contribution is 2.40. The summed E-state index contributed by atoms with van der Waals surface area (Å²) in [5.41, 5.74) is 2.03. The fraction of sp³-hybridized carbons (Fsp3) is 0.278. The highest BCUT2D eigenvalue weighted by atomic mass is 35.5. The Bertz CT molecular complexity index is 2090. The number of morpholine rings is 1. The largest absolute Gasteiger partial charge is 0.496 e. The third-order valence-electron chi connectivity index (χ3n) is 8.06. The van der Waals surface area contributed by atoms with E-state index in [2.05, 4.69) is 0 Å². The first-order valence-corrected chi connectivity index (χ1v) is 16.8. The summed E-state index contributed by atoms with van der Waals surface area (Å²) in [5, 5.41) is 0.403. The Morgan fingerprint density at radius 1 is 1.00 bits per heavy atom. The fourth-order valence-electron chi connectivity index (χ4n) is 5.74. The number of carbonyl (C=O) groups excluding carboxylic acids is 2. The van der Waals surface area contributed by atoms with Crippen molar-refractivity contribution in [1.82, 2.24) is 9.47 Å².